The van der Waals surface area contributed by atoms with Crippen molar-refractivity contribution >= 4 is 43.4 Å². The van der Waals surface area contributed by atoms with Gasteiger partial charge in [-0.05, 0) is 102 Å². The number of imidazole rings is 1. The van der Waals surface area contributed by atoms with Gasteiger partial charge in [-0.3, -0.25) is 4.57 Å². The summed E-state index contributed by atoms with van der Waals surface area (Å²) in [6, 6.07) is 59.6. The molecule has 0 aliphatic heterocycles. The first kappa shape index (κ1) is 27.3. The quantitative estimate of drug-likeness (QED) is 0.180. The number of benzene rings is 8. The SMILES string of the molecule is CCc1nc2ccccc2n1-c1cccc(-c2cccc(-c3c4ccccc4c(-c4ccc5ccccc5c4)c4ccccc34)c2)c1. The van der Waals surface area contributed by atoms with Crippen molar-refractivity contribution in [1.29, 1.82) is 0 Å². The van der Waals surface area contributed by atoms with Gasteiger partial charge in [-0.15, -0.1) is 0 Å². The van der Waals surface area contributed by atoms with Crippen molar-refractivity contribution in [3.63, 3.8) is 0 Å². The maximum atomic E-state index is 4.93. The molecule has 0 radical (unpaired) electrons. The van der Waals surface area contributed by atoms with Gasteiger partial charge in [-0.1, -0.05) is 134 Å². The Labute approximate surface area is 274 Å². The molecule has 47 heavy (non-hydrogen) atoms. The lowest BCUT2D eigenvalue weighted by atomic mass is 9.85. The summed E-state index contributed by atoms with van der Waals surface area (Å²) in [6.45, 7) is 2.17. The standard InChI is InChI=1S/C45H32N2/c1-2-43-46-41-23-9-10-24-42(41)47(43)36-18-12-16-33(29-36)32-15-11-17-34(28-32)44-37-19-5-7-21-39(37)45(40-22-8-6-20-38(40)44)35-26-25-30-13-3-4-14-31(30)27-35/h3-29H,2H2,1H3. The Morgan fingerprint density at radius 3 is 1.70 bits per heavy atom. The molecule has 0 saturated heterocycles. The van der Waals surface area contributed by atoms with E-state index in [1.807, 2.05) is 0 Å². The van der Waals surface area contributed by atoms with E-state index in [2.05, 4.69) is 175 Å². The van der Waals surface area contributed by atoms with Gasteiger partial charge in [-0.25, -0.2) is 4.98 Å². The number of aryl methyl sites for hydroxylation is 1. The van der Waals surface area contributed by atoms with Gasteiger partial charge in [0.1, 0.15) is 5.82 Å². The topological polar surface area (TPSA) is 17.8 Å². The molecule has 0 atom stereocenters. The molecule has 1 heterocycles. The average molecular weight is 601 g/mol. The van der Waals surface area contributed by atoms with Gasteiger partial charge in [-0.2, -0.15) is 0 Å². The van der Waals surface area contributed by atoms with Gasteiger partial charge in [0.15, 0.2) is 0 Å². The summed E-state index contributed by atoms with van der Waals surface area (Å²) in [5.74, 6) is 1.07. The summed E-state index contributed by atoms with van der Waals surface area (Å²) >= 11 is 0. The lowest BCUT2D eigenvalue weighted by molar-refractivity contribution is 0.908. The van der Waals surface area contributed by atoms with E-state index in [1.54, 1.807) is 0 Å². The molecule has 0 fully saturated rings. The molecule has 9 aromatic rings. The Kier molecular flexibility index (Phi) is 6.46. The predicted octanol–water partition coefficient (Wildman–Crippen LogP) is 12.0. The summed E-state index contributed by atoms with van der Waals surface area (Å²) < 4.78 is 2.30. The molecule has 2 heteroatoms. The van der Waals surface area contributed by atoms with Crippen LogP contribution in [0.2, 0.25) is 0 Å². The van der Waals surface area contributed by atoms with Crippen molar-refractivity contribution < 1.29 is 0 Å². The van der Waals surface area contributed by atoms with Crippen molar-refractivity contribution in [3.8, 4) is 39.1 Å². The van der Waals surface area contributed by atoms with Crippen molar-refractivity contribution in [2.75, 3.05) is 0 Å². The molecule has 0 spiro atoms. The van der Waals surface area contributed by atoms with Crippen molar-refractivity contribution in [2.24, 2.45) is 0 Å². The molecule has 0 aliphatic carbocycles. The molecule has 0 unspecified atom stereocenters. The molecular formula is C45H32N2. The minimum Gasteiger partial charge on any atom is -0.296 e. The van der Waals surface area contributed by atoms with Crippen LogP contribution in [0.15, 0.2) is 164 Å². The maximum Gasteiger partial charge on any atom is 0.114 e. The van der Waals surface area contributed by atoms with Crippen LogP contribution in [0.5, 0.6) is 0 Å². The molecule has 0 aliphatic rings. The number of aromatic nitrogens is 2. The number of nitrogens with zero attached hydrogens (tertiary/aromatic N) is 2. The van der Waals surface area contributed by atoms with Crippen LogP contribution < -0.4 is 0 Å². The van der Waals surface area contributed by atoms with E-state index in [0.717, 1.165) is 29.0 Å². The third-order valence-electron chi connectivity index (χ3n) is 9.51. The van der Waals surface area contributed by atoms with Crippen LogP contribution in [0.25, 0.3) is 82.4 Å². The molecular weight excluding hydrogens is 569 g/mol. The van der Waals surface area contributed by atoms with Gasteiger partial charge < -0.3 is 0 Å². The summed E-state index contributed by atoms with van der Waals surface area (Å²) in [5, 5.41) is 7.57. The van der Waals surface area contributed by atoms with Gasteiger partial charge in [0.05, 0.1) is 11.0 Å². The number of hydrogen-bond donors (Lipinski definition) is 0. The zero-order valence-electron chi connectivity index (χ0n) is 26.2. The van der Waals surface area contributed by atoms with Crippen LogP contribution in [-0.2, 0) is 6.42 Å². The first-order chi connectivity index (χ1) is 23.3. The Morgan fingerprint density at radius 2 is 1.00 bits per heavy atom. The maximum absolute atomic E-state index is 4.93. The largest absolute Gasteiger partial charge is 0.296 e. The van der Waals surface area contributed by atoms with Crippen LogP contribution in [0.1, 0.15) is 12.7 Å². The number of para-hydroxylation sites is 2. The fourth-order valence-electron chi connectivity index (χ4n) is 7.38. The van der Waals surface area contributed by atoms with Crippen molar-refractivity contribution in [3.05, 3.63) is 170 Å². The summed E-state index contributed by atoms with van der Waals surface area (Å²) in [6.07, 6.45) is 0.865. The molecule has 0 saturated carbocycles. The zero-order chi connectivity index (χ0) is 31.3. The van der Waals surface area contributed by atoms with Crippen molar-refractivity contribution in [1.82, 2.24) is 9.55 Å². The Hall–Kier alpha value is -5.99. The average Bonchev–Trinajstić information content (AvgIpc) is 3.52. The number of rotatable bonds is 5. The predicted molar refractivity (Wildman–Crippen MR) is 199 cm³/mol. The van der Waals surface area contributed by atoms with Gasteiger partial charge >= 0.3 is 0 Å². The van der Waals surface area contributed by atoms with Crippen LogP contribution in [0.4, 0.5) is 0 Å². The summed E-state index contributed by atoms with van der Waals surface area (Å²) in [7, 11) is 0. The highest BCUT2D eigenvalue weighted by atomic mass is 15.1. The number of hydrogen-bond acceptors (Lipinski definition) is 1. The van der Waals surface area contributed by atoms with Gasteiger partial charge in [0, 0.05) is 12.1 Å². The lowest BCUT2D eigenvalue weighted by Gasteiger charge is -2.18. The highest BCUT2D eigenvalue weighted by Gasteiger charge is 2.17. The molecule has 8 aromatic carbocycles. The fraction of sp³-hybridized carbons (Fsp3) is 0.0444. The molecule has 1 aromatic heterocycles. The smallest absolute Gasteiger partial charge is 0.114 e. The molecule has 222 valence electrons. The third kappa shape index (κ3) is 4.53. The summed E-state index contributed by atoms with van der Waals surface area (Å²) in [4.78, 5) is 4.93. The van der Waals surface area contributed by atoms with E-state index in [9.17, 15) is 0 Å². The van der Waals surface area contributed by atoms with E-state index < -0.39 is 0 Å². The molecule has 0 amide bonds. The first-order valence-corrected chi connectivity index (χ1v) is 16.4. The van der Waals surface area contributed by atoms with E-state index >= 15 is 0 Å². The highest BCUT2D eigenvalue weighted by Crippen LogP contribution is 2.44. The van der Waals surface area contributed by atoms with E-state index in [0.29, 0.717) is 0 Å². The second-order valence-corrected chi connectivity index (χ2v) is 12.2. The van der Waals surface area contributed by atoms with Crippen molar-refractivity contribution in [2.45, 2.75) is 13.3 Å². The van der Waals surface area contributed by atoms with Crippen LogP contribution in [0, 0.1) is 0 Å². The van der Waals surface area contributed by atoms with Crippen LogP contribution in [0.3, 0.4) is 0 Å². The minimum atomic E-state index is 0.865. The molecule has 0 N–H and O–H groups in total. The third-order valence-corrected chi connectivity index (χ3v) is 9.51. The fourth-order valence-corrected chi connectivity index (χ4v) is 7.38. The first-order valence-electron chi connectivity index (χ1n) is 16.4. The van der Waals surface area contributed by atoms with E-state index in [1.165, 1.54) is 65.7 Å². The van der Waals surface area contributed by atoms with E-state index in [-0.39, 0.29) is 0 Å². The Bertz CT molecular complexity index is 2570. The highest BCUT2D eigenvalue weighted by molar-refractivity contribution is 6.21. The van der Waals surface area contributed by atoms with E-state index in [4.69, 9.17) is 4.98 Å². The molecule has 0 bridgehead atoms. The second-order valence-electron chi connectivity index (χ2n) is 12.2. The van der Waals surface area contributed by atoms with Crippen LogP contribution >= 0.6 is 0 Å². The molecule has 2 nitrogen and oxygen atoms in total. The number of fused-ring (bicyclic) bond motifs is 4. The second kappa shape index (κ2) is 11.1. The summed E-state index contributed by atoms with van der Waals surface area (Å²) in [5.41, 5.74) is 10.7. The molecule has 9 rings (SSSR count). The van der Waals surface area contributed by atoms with Gasteiger partial charge in [0.25, 0.3) is 0 Å². The Balaban J connectivity index is 1.23. The Morgan fingerprint density at radius 1 is 0.447 bits per heavy atom. The van der Waals surface area contributed by atoms with Crippen LogP contribution in [-0.4, -0.2) is 9.55 Å². The normalized spacial score (nSPS) is 11.6. The minimum absolute atomic E-state index is 0.865. The monoisotopic (exact) mass is 600 g/mol. The van der Waals surface area contributed by atoms with Gasteiger partial charge in [0.2, 0.25) is 0 Å². The lowest BCUT2D eigenvalue weighted by Crippen LogP contribution is -2.00. The zero-order valence-corrected chi connectivity index (χ0v) is 26.2.